The van der Waals surface area contributed by atoms with Crippen LogP contribution in [-0.4, -0.2) is 57.7 Å². The number of guanidine groups is 2. The van der Waals surface area contributed by atoms with E-state index in [1.165, 1.54) is 34.0 Å². The van der Waals surface area contributed by atoms with Gasteiger partial charge in [-0.2, -0.15) is 0 Å². The van der Waals surface area contributed by atoms with Crippen LogP contribution in [0.3, 0.4) is 0 Å². The second-order valence-corrected chi connectivity index (χ2v) is 13.6. The zero-order chi connectivity index (χ0) is 33.3. The van der Waals surface area contributed by atoms with Crippen LogP contribution in [0.15, 0.2) is 0 Å². The first kappa shape index (κ1) is 35.3. The molecule has 0 fully saturated rings. The van der Waals surface area contributed by atoms with Crippen molar-refractivity contribution in [3.8, 4) is 0 Å². The van der Waals surface area contributed by atoms with Crippen LogP contribution in [0.1, 0.15) is 106 Å². The highest BCUT2D eigenvalue weighted by Crippen LogP contribution is 2.30. The van der Waals surface area contributed by atoms with Crippen LogP contribution in [0.2, 0.25) is 0 Å². The van der Waals surface area contributed by atoms with Gasteiger partial charge in [-0.25, -0.2) is 15.0 Å². The van der Waals surface area contributed by atoms with Crippen molar-refractivity contribution in [1.82, 2.24) is 36.2 Å². The molecule has 0 bridgehead atoms. The maximum atomic E-state index is 13.7. The van der Waals surface area contributed by atoms with Gasteiger partial charge >= 0.3 is 0 Å². The van der Waals surface area contributed by atoms with Crippen LogP contribution >= 0.6 is 34.0 Å². The third-order valence-corrected chi connectivity index (χ3v) is 9.64. The van der Waals surface area contributed by atoms with Crippen LogP contribution in [0.5, 0.6) is 0 Å². The van der Waals surface area contributed by atoms with E-state index in [-0.39, 0.29) is 22.7 Å². The fraction of sp³-hybridized carbons (Fsp3) is 0.481. The average Bonchev–Trinajstić information content (AvgIpc) is 3.68. The van der Waals surface area contributed by atoms with Gasteiger partial charge in [-0.05, 0) is 46.5 Å². The summed E-state index contributed by atoms with van der Waals surface area (Å²) in [5.74, 6) is -1.65. The molecule has 0 saturated heterocycles. The fourth-order valence-electron chi connectivity index (χ4n) is 4.51. The topological polar surface area (TPSA) is 264 Å². The maximum absolute atomic E-state index is 13.7. The monoisotopic (exact) mass is 676 g/mol. The predicted octanol–water partition coefficient (Wildman–Crippen LogP) is 1.98. The average molecular weight is 677 g/mol. The summed E-state index contributed by atoms with van der Waals surface area (Å²) in [5, 5.41) is 28.3. The van der Waals surface area contributed by atoms with Gasteiger partial charge in [0.15, 0.2) is 11.9 Å². The molecule has 3 amide bonds. The van der Waals surface area contributed by atoms with E-state index in [2.05, 4.69) is 36.2 Å². The van der Waals surface area contributed by atoms with Gasteiger partial charge < -0.3 is 38.5 Å². The van der Waals surface area contributed by atoms with Crippen molar-refractivity contribution in [3.63, 3.8) is 0 Å². The number of aromatic nitrogens is 3. The summed E-state index contributed by atoms with van der Waals surface area (Å²) in [6, 6.07) is -1.27. The molecule has 45 heavy (non-hydrogen) atoms. The molecule has 0 aliphatic rings. The van der Waals surface area contributed by atoms with Gasteiger partial charge in [0.05, 0.1) is 44.2 Å². The maximum Gasteiger partial charge on any atom is 0.263 e. The van der Waals surface area contributed by atoms with E-state index in [9.17, 15) is 14.4 Å². The summed E-state index contributed by atoms with van der Waals surface area (Å²) in [4.78, 5) is 54.2. The molecule has 0 aromatic carbocycles. The van der Waals surface area contributed by atoms with Crippen LogP contribution < -0.4 is 38.5 Å². The highest BCUT2D eigenvalue weighted by molar-refractivity contribution is 7.14. The van der Waals surface area contributed by atoms with Crippen molar-refractivity contribution in [3.05, 3.63) is 46.7 Å². The zero-order valence-electron chi connectivity index (χ0n) is 25.6. The first-order valence-electron chi connectivity index (χ1n) is 14.3. The standard InChI is InChI=1S/C27H40N12O3S3/c1-5-15-20(43-13(3)36-15)24(41)38-16(8-6-10-33-26(29)30)19-22(44-14(4)37-19)25(42)35-12(2)18-21(23(28)40)45-17(39-18)9-7-11-34-27(31)32/h12,16H,5-11H2,1-4H3,(H2,28,40)(H,35,42)(H,38,41)(H4,29,30,33)(H4,31,32,34)/t12-,16-/m0/s1. The number of hydrogen-bond acceptors (Lipinski definition) is 11. The van der Waals surface area contributed by atoms with Gasteiger partial charge in [0.2, 0.25) is 0 Å². The van der Waals surface area contributed by atoms with Crippen LogP contribution in [0.25, 0.3) is 0 Å². The van der Waals surface area contributed by atoms with Crippen molar-refractivity contribution < 1.29 is 14.4 Å². The van der Waals surface area contributed by atoms with Crippen LogP contribution in [0, 0.1) is 24.7 Å². The van der Waals surface area contributed by atoms with Gasteiger partial charge in [0.1, 0.15) is 14.6 Å². The highest BCUT2D eigenvalue weighted by atomic mass is 32.1. The number of hydrogen-bond donors (Lipinski definition) is 9. The first-order chi connectivity index (χ1) is 21.3. The lowest BCUT2D eigenvalue weighted by atomic mass is 10.1. The minimum absolute atomic E-state index is 0.125. The number of primary amides is 1. The van der Waals surface area contributed by atoms with Crippen molar-refractivity contribution in [2.45, 2.75) is 71.9 Å². The zero-order valence-corrected chi connectivity index (χ0v) is 28.1. The van der Waals surface area contributed by atoms with E-state index in [0.29, 0.717) is 82.0 Å². The number of thiazole rings is 3. The molecule has 0 radical (unpaired) electrons. The minimum atomic E-state index is -0.657. The molecular formula is C27H40N12O3S3. The molecule has 3 aromatic heterocycles. The lowest BCUT2D eigenvalue weighted by molar-refractivity contribution is 0.0919. The smallest absolute Gasteiger partial charge is 0.263 e. The van der Waals surface area contributed by atoms with E-state index in [4.69, 9.17) is 28.0 Å². The minimum Gasteiger partial charge on any atom is -0.370 e. The Balaban J connectivity index is 1.84. The molecule has 0 aliphatic carbocycles. The molecule has 0 unspecified atom stereocenters. The molecule has 0 saturated carbocycles. The Hall–Kier alpha value is -4.16. The SMILES string of the molecule is CCc1nc(C)sc1C(=O)N[C@@H](CCCNC(=N)N)c1nc(C)sc1C(=O)N[C@@H](C)c1nc(CCCNC(=N)N)sc1C(N)=O. The molecular weight excluding hydrogens is 637 g/mol. The summed E-state index contributed by atoms with van der Waals surface area (Å²) >= 11 is 3.68. The van der Waals surface area contributed by atoms with Gasteiger partial charge in [0.25, 0.3) is 17.7 Å². The second kappa shape index (κ2) is 16.2. The van der Waals surface area contributed by atoms with Crippen molar-refractivity contribution in [2.24, 2.45) is 17.2 Å². The van der Waals surface area contributed by atoms with Gasteiger partial charge in [-0.1, -0.05) is 6.92 Å². The summed E-state index contributed by atoms with van der Waals surface area (Å²) in [6.07, 6.45) is 2.72. The molecule has 3 aromatic rings. The summed E-state index contributed by atoms with van der Waals surface area (Å²) in [6.45, 7) is 8.16. The molecule has 18 heteroatoms. The van der Waals surface area contributed by atoms with Crippen molar-refractivity contribution >= 4 is 63.7 Å². The third kappa shape index (κ3) is 9.92. The highest BCUT2D eigenvalue weighted by Gasteiger charge is 2.29. The molecule has 12 N–H and O–H groups in total. The van der Waals surface area contributed by atoms with Crippen molar-refractivity contribution in [1.29, 1.82) is 10.8 Å². The number of rotatable bonds is 16. The largest absolute Gasteiger partial charge is 0.370 e. The van der Waals surface area contributed by atoms with E-state index >= 15 is 0 Å². The second-order valence-electron chi connectivity index (χ2n) is 10.1. The quantitative estimate of drug-likeness (QED) is 0.0605. The number of nitrogens with one attached hydrogen (secondary N) is 6. The van der Waals surface area contributed by atoms with Crippen LogP contribution in [0.4, 0.5) is 0 Å². The summed E-state index contributed by atoms with van der Waals surface area (Å²) in [7, 11) is 0. The summed E-state index contributed by atoms with van der Waals surface area (Å²) < 4.78 is 0. The Morgan fingerprint density at radius 2 is 1.40 bits per heavy atom. The molecule has 3 rings (SSSR count). The Morgan fingerprint density at radius 1 is 0.800 bits per heavy atom. The molecule has 15 nitrogen and oxygen atoms in total. The normalized spacial score (nSPS) is 12.3. The number of nitrogens with zero attached hydrogens (tertiary/aromatic N) is 3. The number of carbonyl (C=O) groups is 3. The molecule has 0 spiro atoms. The Morgan fingerprint density at radius 3 is 2.02 bits per heavy atom. The lowest BCUT2D eigenvalue weighted by Crippen LogP contribution is -2.34. The van der Waals surface area contributed by atoms with E-state index in [1.54, 1.807) is 13.8 Å². The van der Waals surface area contributed by atoms with Crippen molar-refractivity contribution in [2.75, 3.05) is 13.1 Å². The van der Waals surface area contributed by atoms with E-state index in [1.807, 2.05) is 13.8 Å². The molecule has 2 atom stereocenters. The Kier molecular flexibility index (Phi) is 12.7. The first-order valence-corrected chi connectivity index (χ1v) is 16.8. The molecule has 0 aliphatic heterocycles. The Labute approximate surface area is 273 Å². The van der Waals surface area contributed by atoms with Gasteiger partial charge in [0, 0.05) is 19.5 Å². The van der Waals surface area contributed by atoms with E-state index in [0.717, 1.165) is 5.01 Å². The number of amides is 3. The third-order valence-electron chi connectivity index (χ3n) is 6.49. The molecule has 244 valence electrons. The van der Waals surface area contributed by atoms with Gasteiger partial charge in [-0.15, -0.1) is 34.0 Å². The number of aryl methyl sites for hydroxylation is 4. The predicted molar refractivity (Wildman–Crippen MR) is 177 cm³/mol. The summed E-state index contributed by atoms with van der Waals surface area (Å²) in [5.41, 5.74) is 17.9. The molecule has 3 heterocycles. The fourth-order valence-corrected chi connectivity index (χ4v) is 7.36. The lowest BCUT2D eigenvalue weighted by Gasteiger charge is -2.19. The Bertz CT molecular complexity index is 1550. The number of nitrogens with two attached hydrogens (primary N) is 3. The number of carbonyl (C=O) groups excluding carboxylic acids is 3. The van der Waals surface area contributed by atoms with Crippen LogP contribution in [-0.2, 0) is 12.8 Å². The van der Waals surface area contributed by atoms with Gasteiger partial charge in [-0.3, -0.25) is 25.2 Å². The van der Waals surface area contributed by atoms with E-state index < -0.39 is 23.9 Å².